The highest BCUT2D eigenvalue weighted by atomic mass is 79.9. The van der Waals surface area contributed by atoms with Crippen LogP contribution >= 0.6 is 15.9 Å². The molecular weight excluding hydrogens is 330 g/mol. The average molecular weight is 358 g/mol. The van der Waals surface area contributed by atoms with Crippen LogP contribution in [0.2, 0.25) is 0 Å². The van der Waals surface area contributed by atoms with E-state index in [1.807, 2.05) is 6.07 Å². The summed E-state index contributed by atoms with van der Waals surface area (Å²) in [6, 6.07) is 4.13. The zero-order chi connectivity index (χ0) is 15.9. The lowest BCUT2D eigenvalue weighted by atomic mass is 10.1. The van der Waals surface area contributed by atoms with Gasteiger partial charge in [-0.15, -0.1) is 0 Å². The Morgan fingerprint density at radius 3 is 2.48 bits per heavy atom. The molecule has 0 aromatic heterocycles. The second-order valence-corrected chi connectivity index (χ2v) is 7.12. The molecule has 4 heteroatoms. The van der Waals surface area contributed by atoms with Crippen molar-refractivity contribution in [2.45, 2.75) is 59.0 Å². The van der Waals surface area contributed by atoms with Crippen molar-refractivity contribution in [3.8, 4) is 11.5 Å². The van der Waals surface area contributed by atoms with Crippen molar-refractivity contribution in [3.05, 3.63) is 22.2 Å². The molecule has 1 N–H and O–H groups in total. The molecule has 0 aliphatic rings. The third-order valence-corrected chi connectivity index (χ3v) is 3.70. The summed E-state index contributed by atoms with van der Waals surface area (Å²) < 4.78 is 12.3. The van der Waals surface area contributed by atoms with Crippen molar-refractivity contribution in [3.63, 3.8) is 0 Å². The van der Waals surface area contributed by atoms with Crippen LogP contribution in [0.1, 0.15) is 52.5 Å². The number of nitrogens with one attached hydrogen (secondary N) is 1. The van der Waals surface area contributed by atoms with Crippen LogP contribution in [0.25, 0.3) is 0 Å². The van der Waals surface area contributed by atoms with E-state index in [1.54, 1.807) is 7.11 Å². The lowest BCUT2D eigenvalue weighted by Crippen LogP contribution is -2.35. The molecule has 0 saturated carbocycles. The Morgan fingerprint density at radius 2 is 1.90 bits per heavy atom. The van der Waals surface area contributed by atoms with Gasteiger partial charge in [0.1, 0.15) is 0 Å². The van der Waals surface area contributed by atoms with Crippen LogP contribution in [-0.4, -0.2) is 19.3 Å². The molecular formula is C17H28BrNO2. The number of hydrogen-bond acceptors (Lipinski definition) is 3. The molecule has 120 valence electrons. The fourth-order valence-electron chi connectivity index (χ4n) is 1.91. The minimum Gasteiger partial charge on any atom is -0.493 e. The third kappa shape index (κ3) is 6.70. The Hall–Kier alpha value is -0.740. The molecule has 1 rings (SSSR count). The number of methoxy groups -OCH3 is 1. The van der Waals surface area contributed by atoms with Crippen molar-refractivity contribution in [2.75, 3.05) is 13.7 Å². The lowest BCUT2D eigenvalue weighted by molar-refractivity contribution is 0.284. The highest BCUT2D eigenvalue weighted by Crippen LogP contribution is 2.36. The zero-order valence-corrected chi connectivity index (χ0v) is 15.5. The van der Waals surface area contributed by atoms with Gasteiger partial charge in [-0.05, 0) is 60.8 Å². The van der Waals surface area contributed by atoms with Crippen LogP contribution in [-0.2, 0) is 6.54 Å². The highest BCUT2D eigenvalue weighted by Gasteiger charge is 2.14. The van der Waals surface area contributed by atoms with Gasteiger partial charge in [0.15, 0.2) is 11.5 Å². The van der Waals surface area contributed by atoms with Gasteiger partial charge in [0.25, 0.3) is 0 Å². The van der Waals surface area contributed by atoms with Crippen LogP contribution in [0.3, 0.4) is 0 Å². The van der Waals surface area contributed by atoms with E-state index in [-0.39, 0.29) is 5.54 Å². The van der Waals surface area contributed by atoms with E-state index in [2.05, 4.69) is 55.0 Å². The Bertz CT molecular complexity index is 441. The van der Waals surface area contributed by atoms with Gasteiger partial charge < -0.3 is 14.8 Å². The summed E-state index contributed by atoms with van der Waals surface area (Å²) in [5, 5.41) is 3.48. The Kier molecular flexibility index (Phi) is 7.53. The van der Waals surface area contributed by atoms with E-state index in [0.29, 0.717) is 0 Å². The molecule has 0 aliphatic heterocycles. The van der Waals surface area contributed by atoms with Gasteiger partial charge in [-0.1, -0.05) is 19.8 Å². The molecule has 0 radical (unpaired) electrons. The maximum absolute atomic E-state index is 5.87. The molecule has 0 fully saturated rings. The fraction of sp³-hybridized carbons (Fsp3) is 0.647. The maximum atomic E-state index is 5.87. The molecule has 0 aliphatic carbocycles. The molecule has 0 atom stereocenters. The normalized spacial score (nSPS) is 11.5. The largest absolute Gasteiger partial charge is 0.493 e. The smallest absolute Gasteiger partial charge is 0.175 e. The Morgan fingerprint density at radius 1 is 1.19 bits per heavy atom. The second-order valence-electron chi connectivity index (χ2n) is 6.27. The van der Waals surface area contributed by atoms with Gasteiger partial charge in [-0.2, -0.15) is 0 Å². The number of hydrogen-bond donors (Lipinski definition) is 1. The predicted octanol–water partition coefficient (Wildman–Crippen LogP) is 4.91. The molecule has 1 aromatic carbocycles. The monoisotopic (exact) mass is 357 g/mol. The average Bonchev–Trinajstić information content (AvgIpc) is 2.41. The van der Waals surface area contributed by atoms with Crippen molar-refractivity contribution in [2.24, 2.45) is 0 Å². The molecule has 1 aromatic rings. The first kappa shape index (κ1) is 18.3. The van der Waals surface area contributed by atoms with Crippen molar-refractivity contribution in [1.29, 1.82) is 0 Å². The van der Waals surface area contributed by atoms with E-state index in [4.69, 9.17) is 9.47 Å². The summed E-state index contributed by atoms with van der Waals surface area (Å²) >= 11 is 3.60. The number of halogens is 1. The van der Waals surface area contributed by atoms with Gasteiger partial charge in [0.05, 0.1) is 18.2 Å². The van der Waals surface area contributed by atoms with Crippen LogP contribution < -0.4 is 14.8 Å². The quantitative estimate of drug-likeness (QED) is 0.670. The fourth-order valence-corrected chi connectivity index (χ4v) is 2.51. The minimum atomic E-state index is 0.0923. The standard InChI is InChI=1S/C17H28BrNO2/c1-6-7-8-9-21-16-14(18)10-13(11-15(16)20-5)12-19-17(2,3)4/h10-11,19H,6-9,12H2,1-5H3. The van der Waals surface area contributed by atoms with E-state index in [0.717, 1.165) is 35.5 Å². The zero-order valence-electron chi connectivity index (χ0n) is 13.9. The molecule has 0 spiro atoms. The van der Waals surface area contributed by atoms with E-state index in [9.17, 15) is 0 Å². The summed E-state index contributed by atoms with van der Waals surface area (Å²) in [4.78, 5) is 0. The van der Waals surface area contributed by atoms with Crippen LogP contribution in [0, 0.1) is 0 Å². The molecule has 21 heavy (non-hydrogen) atoms. The number of unbranched alkanes of at least 4 members (excludes halogenated alkanes) is 2. The van der Waals surface area contributed by atoms with Crippen LogP contribution in [0.5, 0.6) is 11.5 Å². The summed E-state index contributed by atoms with van der Waals surface area (Å²) in [5.74, 6) is 1.58. The summed E-state index contributed by atoms with van der Waals surface area (Å²) in [7, 11) is 1.68. The predicted molar refractivity (Wildman–Crippen MR) is 92.3 cm³/mol. The SMILES string of the molecule is CCCCCOc1c(Br)cc(CNC(C)(C)C)cc1OC. The molecule has 0 amide bonds. The number of ether oxygens (including phenoxy) is 2. The van der Waals surface area contributed by atoms with Gasteiger partial charge >= 0.3 is 0 Å². The van der Waals surface area contributed by atoms with Crippen LogP contribution in [0.4, 0.5) is 0 Å². The third-order valence-electron chi connectivity index (χ3n) is 3.11. The topological polar surface area (TPSA) is 30.5 Å². The van der Waals surface area contributed by atoms with Gasteiger partial charge in [-0.25, -0.2) is 0 Å². The molecule has 3 nitrogen and oxygen atoms in total. The lowest BCUT2D eigenvalue weighted by Gasteiger charge is -2.21. The van der Waals surface area contributed by atoms with Crippen molar-refractivity contribution < 1.29 is 9.47 Å². The molecule has 0 saturated heterocycles. The minimum absolute atomic E-state index is 0.0923. The molecule has 0 heterocycles. The van der Waals surface area contributed by atoms with Crippen molar-refractivity contribution in [1.82, 2.24) is 5.32 Å². The van der Waals surface area contributed by atoms with Crippen LogP contribution in [0.15, 0.2) is 16.6 Å². The second kappa shape index (κ2) is 8.64. The summed E-state index contributed by atoms with van der Waals surface area (Å²) in [5.41, 5.74) is 1.27. The van der Waals surface area contributed by atoms with E-state index in [1.165, 1.54) is 18.4 Å². The summed E-state index contributed by atoms with van der Waals surface area (Å²) in [6.45, 7) is 10.2. The van der Waals surface area contributed by atoms with Gasteiger partial charge in [-0.3, -0.25) is 0 Å². The Balaban J connectivity index is 2.77. The first-order chi connectivity index (χ1) is 9.87. The first-order valence-electron chi connectivity index (χ1n) is 7.61. The molecule has 0 bridgehead atoms. The highest BCUT2D eigenvalue weighted by molar-refractivity contribution is 9.10. The number of benzene rings is 1. The van der Waals surface area contributed by atoms with Gasteiger partial charge in [0.2, 0.25) is 0 Å². The first-order valence-corrected chi connectivity index (χ1v) is 8.41. The van der Waals surface area contributed by atoms with E-state index >= 15 is 0 Å². The maximum Gasteiger partial charge on any atom is 0.175 e. The Labute approximate surface area is 137 Å². The molecule has 0 unspecified atom stereocenters. The summed E-state index contributed by atoms with van der Waals surface area (Å²) in [6.07, 6.45) is 3.45. The van der Waals surface area contributed by atoms with Gasteiger partial charge in [0, 0.05) is 12.1 Å². The van der Waals surface area contributed by atoms with E-state index < -0.39 is 0 Å². The van der Waals surface area contributed by atoms with Crippen molar-refractivity contribution >= 4 is 15.9 Å². The number of rotatable bonds is 8.